The van der Waals surface area contributed by atoms with Crippen LogP contribution in [0.15, 0.2) is 42.5 Å². The zero-order chi connectivity index (χ0) is 18.2. The van der Waals surface area contributed by atoms with E-state index in [1.54, 1.807) is 25.3 Å². The molecule has 5 nitrogen and oxygen atoms in total. The van der Waals surface area contributed by atoms with Crippen LogP contribution in [0.4, 0.5) is 5.69 Å². The normalized spacial score (nSPS) is 10.2. The highest BCUT2D eigenvalue weighted by Gasteiger charge is 2.08. The van der Waals surface area contributed by atoms with E-state index in [1.165, 1.54) is 12.5 Å². The van der Waals surface area contributed by atoms with Crippen molar-refractivity contribution in [3.8, 4) is 5.75 Å². The molecule has 0 atom stereocenters. The lowest BCUT2D eigenvalue weighted by Gasteiger charge is -2.12. The Morgan fingerprint density at radius 3 is 2.44 bits per heavy atom. The van der Waals surface area contributed by atoms with Crippen LogP contribution in [0.5, 0.6) is 5.75 Å². The third-order valence-electron chi connectivity index (χ3n) is 3.84. The third-order valence-corrected chi connectivity index (χ3v) is 3.84. The van der Waals surface area contributed by atoms with Gasteiger partial charge in [-0.1, -0.05) is 29.8 Å². The number of amides is 2. The first kappa shape index (κ1) is 18.5. The molecule has 0 saturated carbocycles. The molecular formula is C20H24N2O3. The van der Waals surface area contributed by atoms with Crippen molar-refractivity contribution in [3.63, 3.8) is 0 Å². The predicted molar refractivity (Wildman–Crippen MR) is 98.6 cm³/mol. The van der Waals surface area contributed by atoms with Crippen LogP contribution in [0.1, 0.15) is 30.0 Å². The van der Waals surface area contributed by atoms with E-state index in [-0.39, 0.29) is 11.8 Å². The van der Waals surface area contributed by atoms with Crippen LogP contribution in [-0.4, -0.2) is 18.9 Å². The Morgan fingerprint density at radius 1 is 1.08 bits per heavy atom. The molecule has 0 unspecified atom stereocenters. The van der Waals surface area contributed by atoms with Crippen LogP contribution in [0.3, 0.4) is 0 Å². The maximum Gasteiger partial charge on any atom is 0.221 e. The second-order valence-corrected chi connectivity index (χ2v) is 5.97. The predicted octanol–water partition coefficient (Wildman–Crippen LogP) is 3.21. The van der Waals surface area contributed by atoms with Crippen LogP contribution in [-0.2, 0) is 22.6 Å². The molecule has 0 aliphatic carbocycles. The Bertz CT molecular complexity index is 739. The lowest BCUT2D eigenvalue weighted by molar-refractivity contribution is -0.121. The number of rotatable bonds is 7. The number of carbonyl (C=O) groups excluding carboxylic acids is 2. The first-order chi connectivity index (χ1) is 12.0. The molecule has 2 rings (SSSR count). The average Bonchev–Trinajstić information content (AvgIpc) is 2.59. The zero-order valence-corrected chi connectivity index (χ0v) is 14.9. The number of benzene rings is 2. The van der Waals surface area contributed by atoms with Crippen molar-refractivity contribution >= 4 is 17.5 Å². The molecule has 2 aromatic carbocycles. The molecule has 0 spiro atoms. The monoisotopic (exact) mass is 340 g/mol. The fourth-order valence-corrected chi connectivity index (χ4v) is 2.49. The zero-order valence-electron chi connectivity index (χ0n) is 14.9. The van der Waals surface area contributed by atoms with Crippen molar-refractivity contribution in [2.75, 3.05) is 12.4 Å². The maximum atomic E-state index is 12.1. The second-order valence-electron chi connectivity index (χ2n) is 5.97. The van der Waals surface area contributed by atoms with Crippen LogP contribution in [0, 0.1) is 6.92 Å². The highest BCUT2D eigenvalue weighted by Crippen LogP contribution is 2.22. The first-order valence-electron chi connectivity index (χ1n) is 8.24. The number of anilines is 1. The summed E-state index contributed by atoms with van der Waals surface area (Å²) in [5, 5.41) is 5.63. The molecule has 0 fully saturated rings. The Balaban J connectivity index is 1.91. The van der Waals surface area contributed by atoms with Crippen molar-refractivity contribution in [2.24, 2.45) is 0 Å². The smallest absolute Gasteiger partial charge is 0.221 e. The van der Waals surface area contributed by atoms with Gasteiger partial charge in [0.1, 0.15) is 5.75 Å². The van der Waals surface area contributed by atoms with Gasteiger partial charge in [0.05, 0.1) is 7.11 Å². The van der Waals surface area contributed by atoms with Gasteiger partial charge in [0, 0.05) is 31.1 Å². The van der Waals surface area contributed by atoms with Crippen LogP contribution < -0.4 is 15.4 Å². The Morgan fingerprint density at radius 2 is 1.80 bits per heavy atom. The topological polar surface area (TPSA) is 67.4 Å². The minimum Gasteiger partial charge on any atom is -0.496 e. The van der Waals surface area contributed by atoms with Crippen molar-refractivity contribution in [3.05, 3.63) is 59.2 Å². The summed E-state index contributed by atoms with van der Waals surface area (Å²) in [6, 6.07) is 13.5. The van der Waals surface area contributed by atoms with E-state index in [9.17, 15) is 9.59 Å². The molecule has 132 valence electrons. The van der Waals surface area contributed by atoms with E-state index < -0.39 is 0 Å². The standard InChI is InChI=1S/C20H24N2O3/c1-14-4-6-16(7-5-14)8-11-20(24)21-13-17-12-18(22-15(2)23)9-10-19(17)25-3/h4-7,9-10,12H,8,11,13H2,1-3H3,(H,21,24)(H,22,23). The van der Waals surface area contributed by atoms with Gasteiger partial charge in [-0.25, -0.2) is 0 Å². The minimum atomic E-state index is -0.141. The van der Waals surface area contributed by atoms with E-state index >= 15 is 0 Å². The molecule has 0 aliphatic rings. The summed E-state index contributed by atoms with van der Waals surface area (Å²) in [5.41, 5.74) is 3.85. The van der Waals surface area contributed by atoms with Crippen molar-refractivity contribution < 1.29 is 14.3 Å². The fourth-order valence-electron chi connectivity index (χ4n) is 2.49. The summed E-state index contributed by atoms with van der Waals surface area (Å²) < 4.78 is 5.31. The molecule has 0 aliphatic heterocycles. The number of nitrogens with one attached hydrogen (secondary N) is 2. The average molecular weight is 340 g/mol. The highest BCUT2D eigenvalue weighted by atomic mass is 16.5. The van der Waals surface area contributed by atoms with Crippen molar-refractivity contribution in [1.29, 1.82) is 0 Å². The van der Waals surface area contributed by atoms with Gasteiger partial charge in [0.25, 0.3) is 0 Å². The molecule has 5 heteroatoms. The number of aryl methyl sites for hydroxylation is 2. The number of carbonyl (C=O) groups is 2. The Kier molecular flexibility index (Phi) is 6.57. The Labute approximate surface area is 148 Å². The molecule has 2 amide bonds. The van der Waals surface area contributed by atoms with Crippen LogP contribution in [0.2, 0.25) is 0 Å². The molecule has 0 saturated heterocycles. The van der Waals surface area contributed by atoms with Crippen LogP contribution >= 0.6 is 0 Å². The van der Waals surface area contributed by atoms with E-state index in [0.717, 1.165) is 11.1 Å². The van der Waals surface area contributed by atoms with Gasteiger partial charge in [0.15, 0.2) is 0 Å². The lowest BCUT2D eigenvalue weighted by Crippen LogP contribution is -2.23. The van der Waals surface area contributed by atoms with Crippen molar-refractivity contribution in [1.82, 2.24) is 5.32 Å². The van der Waals surface area contributed by atoms with Gasteiger partial charge in [-0.05, 0) is 37.1 Å². The minimum absolute atomic E-state index is 0.0208. The fraction of sp³-hybridized carbons (Fsp3) is 0.300. The van der Waals surface area contributed by atoms with Gasteiger partial charge in [-0.15, -0.1) is 0 Å². The molecule has 2 N–H and O–H groups in total. The summed E-state index contributed by atoms with van der Waals surface area (Å²) in [6.07, 6.45) is 1.13. The van der Waals surface area contributed by atoms with Crippen molar-refractivity contribution in [2.45, 2.75) is 33.2 Å². The summed E-state index contributed by atoms with van der Waals surface area (Å²) in [7, 11) is 1.58. The van der Waals surface area contributed by atoms with E-state index in [2.05, 4.69) is 10.6 Å². The quantitative estimate of drug-likeness (QED) is 0.813. The SMILES string of the molecule is COc1ccc(NC(C)=O)cc1CNC(=O)CCc1ccc(C)cc1. The molecule has 25 heavy (non-hydrogen) atoms. The van der Waals surface area contributed by atoms with Crippen LogP contribution in [0.25, 0.3) is 0 Å². The number of methoxy groups -OCH3 is 1. The van der Waals surface area contributed by atoms with E-state index in [0.29, 0.717) is 30.8 Å². The van der Waals surface area contributed by atoms with E-state index in [1.807, 2.05) is 31.2 Å². The lowest BCUT2D eigenvalue weighted by atomic mass is 10.1. The summed E-state index contributed by atoms with van der Waals surface area (Å²) in [4.78, 5) is 23.3. The Hall–Kier alpha value is -2.82. The van der Waals surface area contributed by atoms with E-state index in [4.69, 9.17) is 4.74 Å². The number of ether oxygens (including phenoxy) is 1. The van der Waals surface area contributed by atoms with Gasteiger partial charge >= 0.3 is 0 Å². The number of hydrogen-bond donors (Lipinski definition) is 2. The second kappa shape index (κ2) is 8.87. The van der Waals surface area contributed by atoms with Gasteiger partial charge in [0.2, 0.25) is 11.8 Å². The highest BCUT2D eigenvalue weighted by molar-refractivity contribution is 5.88. The third kappa shape index (κ3) is 5.95. The largest absolute Gasteiger partial charge is 0.496 e. The molecule has 0 heterocycles. The summed E-state index contributed by atoms with van der Waals surface area (Å²) in [6.45, 7) is 3.85. The summed E-state index contributed by atoms with van der Waals surface area (Å²) >= 11 is 0. The molecular weight excluding hydrogens is 316 g/mol. The molecule has 0 bridgehead atoms. The first-order valence-corrected chi connectivity index (χ1v) is 8.24. The van der Waals surface area contributed by atoms with Gasteiger partial charge < -0.3 is 15.4 Å². The number of hydrogen-bond acceptors (Lipinski definition) is 3. The molecule has 2 aromatic rings. The summed E-state index contributed by atoms with van der Waals surface area (Å²) in [5.74, 6) is 0.513. The molecule has 0 radical (unpaired) electrons. The van der Waals surface area contributed by atoms with Gasteiger partial charge in [-0.3, -0.25) is 9.59 Å². The molecule has 0 aromatic heterocycles. The van der Waals surface area contributed by atoms with Gasteiger partial charge in [-0.2, -0.15) is 0 Å². The maximum absolute atomic E-state index is 12.1.